The normalized spacial score (nSPS) is 10.6. The first-order chi connectivity index (χ1) is 12.8. The lowest BCUT2D eigenvalue weighted by atomic mass is 10.1. The molecule has 0 saturated heterocycles. The molecule has 0 spiro atoms. The van der Waals surface area contributed by atoms with Gasteiger partial charge in [0.15, 0.2) is 23.4 Å². The molecule has 0 radical (unpaired) electrons. The summed E-state index contributed by atoms with van der Waals surface area (Å²) in [5.41, 5.74) is 2.55. The lowest BCUT2D eigenvalue weighted by Crippen LogP contribution is -2.21. The van der Waals surface area contributed by atoms with Crippen LogP contribution in [0.25, 0.3) is 0 Å². The Labute approximate surface area is 159 Å². The lowest BCUT2D eigenvalue weighted by molar-refractivity contribution is -0.147. The highest BCUT2D eigenvalue weighted by molar-refractivity contribution is 7.98. The van der Waals surface area contributed by atoms with E-state index in [0.717, 1.165) is 29.1 Å². The Morgan fingerprint density at radius 2 is 1.81 bits per heavy atom. The number of rotatable bonds is 7. The van der Waals surface area contributed by atoms with Crippen molar-refractivity contribution in [3.05, 3.63) is 46.8 Å². The Bertz CT molecular complexity index is 839. The molecule has 6 nitrogen and oxygen atoms in total. The Morgan fingerprint density at radius 1 is 1.15 bits per heavy atom. The van der Waals surface area contributed by atoms with Gasteiger partial charge < -0.3 is 10.1 Å². The van der Waals surface area contributed by atoms with Crippen LogP contribution < -0.4 is 5.32 Å². The van der Waals surface area contributed by atoms with Crippen LogP contribution >= 0.6 is 11.8 Å². The molecule has 0 aliphatic carbocycles. The lowest BCUT2D eigenvalue weighted by Gasteiger charge is -2.10. The van der Waals surface area contributed by atoms with Crippen LogP contribution in [0.3, 0.4) is 0 Å². The van der Waals surface area contributed by atoms with Gasteiger partial charge in [0.05, 0.1) is 0 Å². The molecule has 1 N–H and O–H groups in total. The van der Waals surface area contributed by atoms with E-state index in [0.29, 0.717) is 11.6 Å². The van der Waals surface area contributed by atoms with Crippen molar-refractivity contribution in [2.45, 2.75) is 31.8 Å². The highest BCUT2D eigenvalue weighted by Crippen LogP contribution is 2.17. The van der Waals surface area contributed by atoms with E-state index < -0.39 is 30.1 Å². The van der Waals surface area contributed by atoms with Crippen LogP contribution in [0.2, 0.25) is 0 Å². The number of aromatic nitrogens is 2. The maximum Gasteiger partial charge on any atom is 0.306 e. The minimum absolute atomic E-state index is 0.0715. The van der Waals surface area contributed by atoms with E-state index in [1.165, 1.54) is 17.8 Å². The first-order valence-electron chi connectivity index (χ1n) is 8.08. The van der Waals surface area contributed by atoms with Crippen molar-refractivity contribution in [1.82, 2.24) is 9.97 Å². The molecule has 27 heavy (non-hydrogen) atoms. The summed E-state index contributed by atoms with van der Waals surface area (Å²) in [7, 11) is 0. The molecule has 0 aliphatic rings. The number of anilines is 1. The van der Waals surface area contributed by atoms with Gasteiger partial charge in [-0.15, -0.1) is 0 Å². The number of nitrogens with zero attached hydrogens (tertiary/aromatic N) is 2. The molecule has 0 aliphatic heterocycles. The molecule has 9 heteroatoms. The van der Waals surface area contributed by atoms with Crippen LogP contribution in [0.5, 0.6) is 0 Å². The molecule has 1 heterocycles. The maximum atomic E-state index is 13.1. The predicted molar refractivity (Wildman–Crippen MR) is 97.6 cm³/mol. The molecule has 2 rings (SSSR count). The third-order valence-electron chi connectivity index (χ3n) is 3.73. The number of aryl methyl sites for hydroxylation is 2. The molecule has 0 bridgehead atoms. The van der Waals surface area contributed by atoms with Gasteiger partial charge in [-0.2, -0.15) is 0 Å². The second-order valence-electron chi connectivity index (χ2n) is 5.70. The Balaban J connectivity index is 1.82. The average molecular weight is 395 g/mol. The number of hydrogen-bond donors (Lipinski definition) is 1. The van der Waals surface area contributed by atoms with E-state index in [4.69, 9.17) is 4.74 Å². The minimum Gasteiger partial charge on any atom is -0.456 e. The largest absolute Gasteiger partial charge is 0.456 e. The van der Waals surface area contributed by atoms with Gasteiger partial charge in [-0.1, -0.05) is 11.8 Å². The van der Waals surface area contributed by atoms with E-state index in [2.05, 4.69) is 15.3 Å². The van der Waals surface area contributed by atoms with E-state index in [1.54, 1.807) is 0 Å². The third kappa shape index (κ3) is 5.99. The zero-order chi connectivity index (χ0) is 20.0. The van der Waals surface area contributed by atoms with Crippen molar-refractivity contribution in [3.63, 3.8) is 0 Å². The topological polar surface area (TPSA) is 81.2 Å². The van der Waals surface area contributed by atoms with Gasteiger partial charge in [0.2, 0.25) is 0 Å². The minimum atomic E-state index is -1.08. The summed E-state index contributed by atoms with van der Waals surface area (Å²) in [4.78, 5) is 32.3. The summed E-state index contributed by atoms with van der Waals surface area (Å²) in [5.74, 6) is -3.29. The summed E-state index contributed by atoms with van der Waals surface area (Å²) in [6.07, 6.45) is 2.36. The number of hydrogen-bond acceptors (Lipinski definition) is 6. The highest BCUT2D eigenvalue weighted by Gasteiger charge is 2.13. The fourth-order valence-corrected chi connectivity index (χ4v) is 2.83. The molecule has 1 amide bonds. The highest BCUT2D eigenvalue weighted by atomic mass is 32.2. The molecular weight excluding hydrogens is 376 g/mol. The van der Waals surface area contributed by atoms with Crippen molar-refractivity contribution >= 4 is 29.3 Å². The van der Waals surface area contributed by atoms with E-state index >= 15 is 0 Å². The van der Waals surface area contributed by atoms with Gasteiger partial charge in [-0.05, 0) is 44.2 Å². The smallest absolute Gasteiger partial charge is 0.306 e. The van der Waals surface area contributed by atoms with Crippen molar-refractivity contribution in [2.75, 3.05) is 18.2 Å². The summed E-state index contributed by atoms with van der Waals surface area (Å²) < 4.78 is 30.9. The Kier molecular flexibility index (Phi) is 7.23. The number of thioether (sulfide) groups is 1. The molecule has 0 unspecified atom stereocenters. The number of esters is 1. The quantitative estimate of drug-likeness (QED) is 0.441. The first kappa shape index (κ1) is 20.8. The number of benzene rings is 1. The third-order valence-corrected chi connectivity index (χ3v) is 4.28. The van der Waals surface area contributed by atoms with Crippen LogP contribution in [-0.4, -0.2) is 34.7 Å². The molecule has 0 atom stereocenters. The fraction of sp³-hybridized carbons (Fsp3) is 0.333. The number of carbonyl (C=O) groups excluding carboxylic acids is 2. The van der Waals surface area contributed by atoms with Crippen LogP contribution in [0.15, 0.2) is 23.4 Å². The van der Waals surface area contributed by atoms with Gasteiger partial charge in [0.1, 0.15) is 0 Å². The van der Waals surface area contributed by atoms with Crippen molar-refractivity contribution in [2.24, 2.45) is 0 Å². The monoisotopic (exact) mass is 395 g/mol. The average Bonchev–Trinajstić information content (AvgIpc) is 2.62. The summed E-state index contributed by atoms with van der Waals surface area (Å²) >= 11 is 1.44. The van der Waals surface area contributed by atoms with Crippen LogP contribution in [0.1, 0.15) is 23.4 Å². The summed E-state index contributed by atoms with van der Waals surface area (Å²) in [5, 5.41) is 3.00. The second kappa shape index (κ2) is 9.40. The second-order valence-corrected chi connectivity index (χ2v) is 6.47. The standard InChI is InChI=1S/C18H19F2N3O3S/c1-10-13(11(2)22-18(21-10)27-3)5-7-17(25)26-9-16(24)23-12-4-6-14(19)15(20)8-12/h4,6,8H,5,7,9H2,1-3H3,(H,23,24). The molecule has 0 saturated carbocycles. The number of halogens is 2. The van der Waals surface area contributed by atoms with Crippen molar-refractivity contribution in [1.29, 1.82) is 0 Å². The SMILES string of the molecule is CSc1nc(C)c(CCC(=O)OCC(=O)Nc2ccc(F)c(F)c2)c(C)n1. The van der Waals surface area contributed by atoms with E-state index in [-0.39, 0.29) is 12.1 Å². The zero-order valence-electron chi connectivity index (χ0n) is 15.1. The molecule has 1 aromatic carbocycles. The number of nitrogens with one attached hydrogen (secondary N) is 1. The van der Waals surface area contributed by atoms with Gasteiger partial charge in [-0.25, -0.2) is 18.7 Å². The number of amides is 1. The van der Waals surface area contributed by atoms with E-state index in [9.17, 15) is 18.4 Å². The molecule has 0 fully saturated rings. The Morgan fingerprint density at radius 3 is 2.41 bits per heavy atom. The van der Waals surface area contributed by atoms with Crippen molar-refractivity contribution in [3.8, 4) is 0 Å². The molecular formula is C18H19F2N3O3S. The molecule has 2 aromatic rings. The predicted octanol–water partition coefficient (Wildman–Crippen LogP) is 3.21. The van der Waals surface area contributed by atoms with Gasteiger partial charge in [0.25, 0.3) is 5.91 Å². The fourth-order valence-electron chi connectivity index (χ4n) is 2.38. The van der Waals surface area contributed by atoms with Gasteiger partial charge >= 0.3 is 5.97 Å². The first-order valence-corrected chi connectivity index (χ1v) is 9.31. The number of ether oxygens (including phenoxy) is 1. The van der Waals surface area contributed by atoms with Crippen LogP contribution in [0, 0.1) is 25.5 Å². The number of carbonyl (C=O) groups is 2. The van der Waals surface area contributed by atoms with E-state index in [1.807, 2.05) is 20.1 Å². The van der Waals surface area contributed by atoms with Crippen LogP contribution in [-0.2, 0) is 20.7 Å². The Hall–Kier alpha value is -2.55. The molecule has 144 valence electrons. The van der Waals surface area contributed by atoms with Gasteiger partial charge in [0, 0.05) is 29.6 Å². The zero-order valence-corrected chi connectivity index (χ0v) is 16.0. The summed E-state index contributed by atoms with van der Waals surface area (Å²) in [6.45, 7) is 3.19. The van der Waals surface area contributed by atoms with Crippen LogP contribution in [0.4, 0.5) is 14.5 Å². The maximum absolute atomic E-state index is 13.1. The molecule has 1 aromatic heterocycles. The van der Waals surface area contributed by atoms with Crippen molar-refractivity contribution < 1.29 is 23.1 Å². The summed E-state index contributed by atoms with van der Waals surface area (Å²) in [6, 6.07) is 2.95. The van der Waals surface area contributed by atoms with Gasteiger partial charge in [-0.3, -0.25) is 9.59 Å².